The number of carbonyl (C=O) groups excluding carboxylic acids is 1. The molecule has 0 aliphatic carbocycles. The molecule has 0 aliphatic heterocycles. The highest BCUT2D eigenvalue weighted by Gasteiger charge is 2.38. The number of benzene rings is 2. The van der Waals surface area contributed by atoms with Crippen molar-refractivity contribution in [2.45, 2.75) is 19.6 Å². The summed E-state index contributed by atoms with van der Waals surface area (Å²) in [5.74, 6) is -0.913. The van der Waals surface area contributed by atoms with Gasteiger partial charge < -0.3 is 14.4 Å². The Balaban J connectivity index is 1.87. The molecule has 0 saturated carbocycles. The van der Waals surface area contributed by atoms with E-state index in [1.165, 1.54) is 12.4 Å². The van der Waals surface area contributed by atoms with Crippen molar-refractivity contribution >= 4 is 13.5 Å². The van der Waals surface area contributed by atoms with Crippen molar-refractivity contribution in [1.29, 1.82) is 0 Å². The third kappa shape index (κ3) is 5.19. The van der Waals surface area contributed by atoms with Crippen molar-refractivity contribution in [1.82, 2.24) is 15.3 Å². The molecule has 1 unspecified atom stereocenters. The predicted octanol–water partition coefficient (Wildman–Crippen LogP) is 4.84. The molecular weight excluding hydrogens is 401 g/mol. The summed E-state index contributed by atoms with van der Waals surface area (Å²) in [5, 5.41) is 2.79. The second-order valence-electron chi connectivity index (χ2n) is 6.32. The van der Waals surface area contributed by atoms with Crippen LogP contribution < -0.4 is 5.32 Å². The van der Waals surface area contributed by atoms with Crippen molar-refractivity contribution in [2.24, 2.45) is 0 Å². The van der Waals surface area contributed by atoms with Crippen molar-refractivity contribution in [3.05, 3.63) is 84.2 Å². The Labute approximate surface area is 176 Å². The first-order valence-electron chi connectivity index (χ1n) is 9.69. The monoisotopic (exact) mass is 425 g/mol. The Morgan fingerprint density at radius 2 is 1.47 bits per heavy atom. The van der Waals surface area contributed by atoms with Gasteiger partial charge in [-0.15, -0.1) is 0 Å². The average Bonchev–Trinajstić information content (AvgIpc) is 2.79. The topological polar surface area (TPSA) is 90.4 Å². The Morgan fingerprint density at radius 3 is 2.00 bits per heavy atom. The molecule has 0 saturated heterocycles. The highest BCUT2D eigenvalue weighted by Crippen LogP contribution is 2.59. The molecule has 30 heavy (non-hydrogen) atoms. The van der Waals surface area contributed by atoms with Crippen molar-refractivity contribution in [3.8, 4) is 11.4 Å². The third-order valence-electron chi connectivity index (χ3n) is 4.26. The fraction of sp³-hybridized carbons (Fsp3) is 0.227. The molecule has 0 fully saturated rings. The van der Waals surface area contributed by atoms with Crippen LogP contribution in [-0.4, -0.2) is 29.1 Å². The smallest absolute Gasteiger partial charge is 0.334 e. The summed E-state index contributed by atoms with van der Waals surface area (Å²) in [5.41, 5.74) is 1.72. The van der Waals surface area contributed by atoms with E-state index in [2.05, 4.69) is 15.3 Å². The van der Waals surface area contributed by atoms with Gasteiger partial charge in [0.25, 0.3) is 5.91 Å². The average molecular weight is 425 g/mol. The SMILES string of the molecule is CCOP(=O)(OCC)C(NC(=O)c1cnc(-c2ccccc2)nc1)c1ccccc1. The minimum atomic E-state index is -3.66. The van der Waals surface area contributed by atoms with Crippen LogP contribution in [0.15, 0.2) is 73.1 Å². The zero-order valence-electron chi connectivity index (χ0n) is 16.9. The molecule has 0 aliphatic rings. The van der Waals surface area contributed by atoms with Crippen LogP contribution in [0.1, 0.15) is 35.6 Å². The highest BCUT2D eigenvalue weighted by atomic mass is 31.2. The fourth-order valence-electron chi connectivity index (χ4n) is 2.92. The molecule has 0 bridgehead atoms. The summed E-state index contributed by atoms with van der Waals surface area (Å²) in [6.45, 7) is 3.83. The lowest BCUT2D eigenvalue weighted by molar-refractivity contribution is 0.0936. The van der Waals surface area contributed by atoms with E-state index in [4.69, 9.17) is 9.05 Å². The van der Waals surface area contributed by atoms with Crippen molar-refractivity contribution in [3.63, 3.8) is 0 Å². The fourth-order valence-corrected chi connectivity index (χ4v) is 4.82. The number of nitrogens with zero attached hydrogens (tertiary/aromatic N) is 2. The first-order chi connectivity index (χ1) is 14.6. The van der Waals surface area contributed by atoms with Crippen LogP contribution in [0.5, 0.6) is 0 Å². The van der Waals surface area contributed by atoms with E-state index in [1.54, 1.807) is 38.1 Å². The van der Waals surface area contributed by atoms with E-state index in [1.807, 2.05) is 36.4 Å². The molecule has 1 amide bonds. The largest absolute Gasteiger partial charge is 0.357 e. The molecule has 1 aromatic heterocycles. The quantitative estimate of drug-likeness (QED) is 0.494. The number of nitrogens with one attached hydrogen (secondary N) is 1. The number of aromatic nitrogens is 2. The summed E-state index contributed by atoms with van der Waals surface area (Å²) in [6, 6.07) is 18.4. The molecule has 2 aromatic carbocycles. The van der Waals surface area contributed by atoms with Crippen molar-refractivity contribution in [2.75, 3.05) is 13.2 Å². The third-order valence-corrected chi connectivity index (χ3v) is 6.56. The first kappa shape index (κ1) is 21.8. The molecular formula is C22H24N3O4P. The van der Waals surface area contributed by atoms with Gasteiger partial charge in [0.05, 0.1) is 18.8 Å². The van der Waals surface area contributed by atoms with Crippen LogP contribution >= 0.6 is 7.60 Å². The van der Waals surface area contributed by atoms with Gasteiger partial charge in [0.15, 0.2) is 11.6 Å². The lowest BCUT2D eigenvalue weighted by Crippen LogP contribution is -2.30. The number of rotatable bonds is 9. The molecule has 3 aromatic rings. The van der Waals surface area contributed by atoms with E-state index in [9.17, 15) is 9.36 Å². The summed E-state index contributed by atoms with van der Waals surface area (Å²) in [4.78, 5) is 21.5. The number of hydrogen-bond acceptors (Lipinski definition) is 6. The molecule has 3 rings (SSSR count). The summed E-state index contributed by atoms with van der Waals surface area (Å²) >= 11 is 0. The molecule has 8 heteroatoms. The number of amides is 1. The lowest BCUT2D eigenvalue weighted by atomic mass is 10.2. The van der Waals surface area contributed by atoms with Gasteiger partial charge in [-0.05, 0) is 19.4 Å². The molecule has 0 radical (unpaired) electrons. The van der Waals surface area contributed by atoms with E-state index in [-0.39, 0.29) is 18.8 Å². The zero-order valence-corrected chi connectivity index (χ0v) is 17.8. The maximum absolute atomic E-state index is 13.4. The minimum absolute atomic E-state index is 0.186. The maximum Gasteiger partial charge on any atom is 0.357 e. The van der Waals surface area contributed by atoms with Crippen LogP contribution in [-0.2, 0) is 13.6 Å². The Bertz CT molecular complexity index is 988. The lowest BCUT2D eigenvalue weighted by Gasteiger charge is -2.27. The predicted molar refractivity (Wildman–Crippen MR) is 115 cm³/mol. The van der Waals surface area contributed by atoms with Gasteiger partial charge in [0.2, 0.25) is 0 Å². The number of carbonyl (C=O) groups is 1. The van der Waals surface area contributed by atoms with E-state index in [0.717, 1.165) is 5.56 Å². The van der Waals surface area contributed by atoms with Crippen LogP contribution in [0.25, 0.3) is 11.4 Å². The summed E-state index contributed by atoms with van der Waals surface area (Å²) < 4.78 is 24.4. The molecule has 1 heterocycles. The van der Waals surface area contributed by atoms with Gasteiger partial charge >= 0.3 is 7.60 Å². The van der Waals surface area contributed by atoms with E-state index < -0.39 is 19.3 Å². The van der Waals surface area contributed by atoms with Crippen molar-refractivity contribution < 1.29 is 18.4 Å². The van der Waals surface area contributed by atoms with Crippen LogP contribution in [0.3, 0.4) is 0 Å². The Hall–Kier alpha value is -2.86. The van der Waals surface area contributed by atoms with Gasteiger partial charge in [-0.1, -0.05) is 60.7 Å². The van der Waals surface area contributed by atoms with Gasteiger partial charge in [-0.3, -0.25) is 9.36 Å². The van der Waals surface area contributed by atoms with Crippen LogP contribution in [0, 0.1) is 0 Å². The van der Waals surface area contributed by atoms with Gasteiger partial charge in [-0.2, -0.15) is 0 Å². The van der Waals surface area contributed by atoms with E-state index in [0.29, 0.717) is 11.4 Å². The molecule has 1 N–H and O–H groups in total. The standard InChI is InChI=1S/C22H24N3O4P/c1-3-28-30(27,29-4-2)22(18-13-9-6-10-14-18)25-21(26)19-15-23-20(24-16-19)17-11-7-5-8-12-17/h5-16,22H,3-4H2,1-2H3,(H,25,26). The maximum atomic E-state index is 13.4. The number of hydrogen-bond donors (Lipinski definition) is 1. The van der Waals surface area contributed by atoms with E-state index >= 15 is 0 Å². The molecule has 156 valence electrons. The summed E-state index contributed by atoms with van der Waals surface area (Å²) in [6.07, 6.45) is 2.89. The van der Waals surface area contributed by atoms with Gasteiger partial charge in [0, 0.05) is 18.0 Å². The highest BCUT2D eigenvalue weighted by molar-refractivity contribution is 7.54. The molecule has 7 nitrogen and oxygen atoms in total. The Morgan fingerprint density at radius 1 is 0.933 bits per heavy atom. The summed E-state index contributed by atoms with van der Waals surface area (Å²) in [7, 11) is -3.66. The van der Waals surface area contributed by atoms with Crippen LogP contribution in [0.2, 0.25) is 0 Å². The second-order valence-corrected chi connectivity index (χ2v) is 8.44. The normalized spacial score (nSPS) is 12.3. The van der Waals surface area contributed by atoms with Crippen LogP contribution in [0.4, 0.5) is 0 Å². The van der Waals surface area contributed by atoms with Gasteiger partial charge in [0.1, 0.15) is 0 Å². The second kappa shape index (κ2) is 10.3. The molecule has 1 atom stereocenters. The minimum Gasteiger partial charge on any atom is -0.334 e. The zero-order chi connectivity index (χ0) is 21.4. The Kier molecular flexibility index (Phi) is 7.46. The first-order valence-corrected chi connectivity index (χ1v) is 11.3. The van der Waals surface area contributed by atoms with Gasteiger partial charge in [-0.25, -0.2) is 9.97 Å². The molecule has 0 spiro atoms.